The highest BCUT2D eigenvalue weighted by atomic mass is 35.5. The number of rotatable bonds is 4. The molecule has 1 heterocycles. The van der Waals surface area contributed by atoms with Gasteiger partial charge in [-0.25, -0.2) is 0 Å². The minimum Gasteiger partial charge on any atom is -0.338 e. The van der Waals surface area contributed by atoms with E-state index in [-0.39, 0.29) is 12.5 Å². The van der Waals surface area contributed by atoms with Crippen molar-refractivity contribution in [3.8, 4) is 0 Å². The standard InChI is InChI=1S/C20H21ClN2O/c1-13(2)15-5-7-19-16(10-15)8-9-23(19)12-20(24)22-17-6-4-14(3)18(21)11-17/h4-11,13H,12H2,1-3H3,(H,22,24). The molecule has 2 aromatic carbocycles. The van der Waals surface area contributed by atoms with Gasteiger partial charge in [-0.1, -0.05) is 37.6 Å². The van der Waals surface area contributed by atoms with Crippen LogP contribution in [-0.4, -0.2) is 10.5 Å². The molecule has 0 atom stereocenters. The van der Waals surface area contributed by atoms with Crippen LogP contribution in [0.25, 0.3) is 10.9 Å². The second-order valence-electron chi connectivity index (χ2n) is 6.43. The first-order valence-electron chi connectivity index (χ1n) is 8.09. The summed E-state index contributed by atoms with van der Waals surface area (Å²) in [5, 5.41) is 4.71. The highest BCUT2D eigenvalue weighted by molar-refractivity contribution is 6.31. The Labute approximate surface area is 147 Å². The number of carbonyl (C=O) groups excluding carboxylic acids is 1. The lowest BCUT2D eigenvalue weighted by Gasteiger charge is -2.10. The van der Waals surface area contributed by atoms with E-state index < -0.39 is 0 Å². The minimum absolute atomic E-state index is 0.0691. The molecule has 0 unspecified atom stereocenters. The van der Waals surface area contributed by atoms with Gasteiger partial charge in [0.25, 0.3) is 0 Å². The second kappa shape index (κ2) is 6.70. The van der Waals surface area contributed by atoms with Gasteiger partial charge in [0.05, 0.1) is 0 Å². The highest BCUT2D eigenvalue weighted by Gasteiger charge is 2.09. The highest BCUT2D eigenvalue weighted by Crippen LogP contribution is 2.23. The number of anilines is 1. The van der Waals surface area contributed by atoms with E-state index in [4.69, 9.17) is 11.6 Å². The van der Waals surface area contributed by atoms with Crippen LogP contribution in [-0.2, 0) is 11.3 Å². The van der Waals surface area contributed by atoms with Gasteiger partial charge in [0.2, 0.25) is 5.91 Å². The monoisotopic (exact) mass is 340 g/mol. The molecule has 0 aliphatic rings. The van der Waals surface area contributed by atoms with Crippen LogP contribution in [0.3, 0.4) is 0 Å². The van der Waals surface area contributed by atoms with E-state index in [1.54, 1.807) is 6.07 Å². The molecule has 0 aliphatic carbocycles. The summed E-state index contributed by atoms with van der Waals surface area (Å²) in [5.41, 5.74) is 4.08. The number of fused-ring (bicyclic) bond motifs is 1. The fourth-order valence-electron chi connectivity index (χ4n) is 2.74. The number of aromatic nitrogens is 1. The number of benzene rings is 2. The maximum Gasteiger partial charge on any atom is 0.244 e. The first-order chi connectivity index (χ1) is 11.4. The Morgan fingerprint density at radius 1 is 1.17 bits per heavy atom. The van der Waals surface area contributed by atoms with Crippen LogP contribution < -0.4 is 5.32 Å². The molecule has 3 nitrogen and oxygen atoms in total. The van der Waals surface area contributed by atoms with Gasteiger partial charge in [0, 0.05) is 22.4 Å². The molecule has 24 heavy (non-hydrogen) atoms. The van der Waals surface area contributed by atoms with Crippen LogP contribution >= 0.6 is 11.6 Å². The lowest BCUT2D eigenvalue weighted by molar-refractivity contribution is -0.116. The van der Waals surface area contributed by atoms with E-state index in [1.807, 2.05) is 29.8 Å². The number of hydrogen-bond donors (Lipinski definition) is 1. The lowest BCUT2D eigenvalue weighted by atomic mass is 10.0. The van der Waals surface area contributed by atoms with E-state index in [9.17, 15) is 4.79 Å². The maximum atomic E-state index is 12.3. The van der Waals surface area contributed by atoms with E-state index in [0.717, 1.165) is 16.5 Å². The molecule has 0 saturated heterocycles. The molecule has 1 amide bonds. The summed E-state index contributed by atoms with van der Waals surface area (Å²) in [7, 11) is 0. The van der Waals surface area contributed by atoms with Gasteiger partial charge in [-0.15, -0.1) is 0 Å². The van der Waals surface area contributed by atoms with Crippen LogP contribution in [0.2, 0.25) is 5.02 Å². The fourth-order valence-corrected chi connectivity index (χ4v) is 2.92. The third-order valence-corrected chi connectivity index (χ3v) is 4.64. The minimum atomic E-state index is -0.0691. The molecule has 1 aromatic heterocycles. The fraction of sp³-hybridized carbons (Fsp3) is 0.250. The molecule has 0 aliphatic heterocycles. The third-order valence-electron chi connectivity index (χ3n) is 4.23. The first-order valence-corrected chi connectivity index (χ1v) is 8.46. The molecule has 0 fully saturated rings. The number of hydrogen-bond acceptors (Lipinski definition) is 1. The van der Waals surface area contributed by atoms with Gasteiger partial charge in [-0.05, 0) is 59.7 Å². The molecular weight excluding hydrogens is 320 g/mol. The van der Waals surface area contributed by atoms with E-state index in [1.165, 1.54) is 5.56 Å². The quantitative estimate of drug-likeness (QED) is 0.681. The number of nitrogens with one attached hydrogen (secondary N) is 1. The number of halogens is 1. The van der Waals surface area contributed by atoms with Crippen molar-refractivity contribution < 1.29 is 4.79 Å². The summed E-state index contributed by atoms with van der Waals surface area (Å²) in [6.45, 7) is 6.57. The van der Waals surface area contributed by atoms with Crippen molar-refractivity contribution in [3.05, 3.63) is 64.8 Å². The average molecular weight is 341 g/mol. The van der Waals surface area contributed by atoms with E-state index in [0.29, 0.717) is 16.6 Å². The SMILES string of the molecule is Cc1ccc(NC(=O)Cn2ccc3cc(C(C)C)ccc32)cc1Cl. The van der Waals surface area contributed by atoms with E-state index in [2.05, 4.69) is 43.4 Å². The van der Waals surface area contributed by atoms with Crippen LogP contribution in [0.1, 0.15) is 30.9 Å². The van der Waals surface area contributed by atoms with Crippen molar-refractivity contribution in [2.24, 2.45) is 0 Å². The summed E-state index contributed by atoms with van der Waals surface area (Å²) < 4.78 is 1.96. The van der Waals surface area contributed by atoms with Gasteiger partial charge < -0.3 is 9.88 Å². The second-order valence-corrected chi connectivity index (χ2v) is 6.84. The lowest BCUT2D eigenvalue weighted by Crippen LogP contribution is -2.18. The van der Waals surface area contributed by atoms with E-state index >= 15 is 0 Å². The van der Waals surface area contributed by atoms with Gasteiger partial charge in [0.15, 0.2) is 0 Å². The Bertz CT molecular complexity index is 896. The zero-order chi connectivity index (χ0) is 17.3. The zero-order valence-electron chi connectivity index (χ0n) is 14.1. The van der Waals surface area contributed by atoms with Crippen molar-refractivity contribution in [1.29, 1.82) is 0 Å². The predicted octanol–water partition coefficient (Wildman–Crippen LogP) is 5.37. The predicted molar refractivity (Wildman–Crippen MR) is 101 cm³/mol. The van der Waals surface area contributed by atoms with Crippen LogP contribution in [0.15, 0.2) is 48.7 Å². The molecular formula is C20H21ClN2O. The number of carbonyl (C=O) groups is 1. The summed E-state index contributed by atoms with van der Waals surface area (Å²) >= 11 is 6.10. The molecule has 0 bridgehead atoms. The Kier molecular flexibility index (Phi) is 4.63. The zero-order valence-corrected chi connectivity index (χ0v) is 14.9. The van der Waals surface area contributed by atoms with Gasteiger partial charge in [-0.3, -0.25) is 4.79 Å². The maximum absolute atomic E-state index is 12.3. The number of nitrogens with zero attached hydrogens (tertiary/aromatic N) is 1. The molecule has 3 aromatic rings. The third kappa shape index (κ3) is 3.46. The van der Waals surface area contributed by atoms with Crippen molar-refractivity contribution >= 4 is 34.1 Å². The number of amides is 1. The topological polar surface area (TPSA) is 34.0 Å². The van der Waals surface area contributed by atoms with Crippen LogP contribution in [0.4, 0.5) is 5.69 Å². The molecule has 124 valence electrons. The molecule has 0 saturated carbocycles. The average Bonchev–Trinajstić information content (AvgIpc) is 2.93. The van der Waals surface area contributed by atoms with Crippen molar-refractivity contribution in [1.82, 2.24) is 4.57 Å². The first kappa shape index (κ1) is 16.6. The smallest absolute Gasteiger partial charge is 0.244 e. The summed E-state index contributed by atoms with van der Waals surface area (Å²) in [4.78, 5) is 12.3. The van der Waals surface area contributed by atoms with Gasteiger partial charge >= 0.3 is 0 Å². The molecule has 0 radical (unpaired) electrons. The molecule has 3 rings (SSSR count). The Balaban J connectivity index is 1.76. The van der Waals surface area contributed by atoms with Crippen LogP contribution in [0.5, 0.6) is 0 Å². The normalized spacial score (nSPS) is 11.2. The van der Waals surface area contributed by atoms with Crippen molar-refractivity contribution in [2.75, 3.05) is 5.32 Å². The molecule has 0 spiro atoms. The largest absolute Gasteiger partial charge is 0.338 e. The summed E-state index contributed by atoms with van der Waals surface area (Å²) in [6, 6.07) is 14.0. The Morgan fingerprint density at radius 2 is 1.96 bits per heavy atom. The Hall–Kier alpha value is -2.26. The van der Waals surface area contributed by atoms with Crippen molar-refractivity contribution in [2.45, 2.75) is 33.2 Å². The Morgan fingerprint density at radius 3 is 2.67 bits per heavy atom. The summed E-state index contributed by atoms with van der Waals surface area (Å²) in [6.07, 6.45) is 1.95. The van der Waals surface area contributed by atoms with Gasteiger partial charge in [-0.2, -0.15) is 0 Å². The molecule has 4 heteroatoms. The number of aryl methyl sites for hydroxylation is 1. The summed E-state index contributed by atoms with van der Waals surface area (Å²) in [5.74, 6) is 0.424. The van der Waals surface area contributed by atoms with Crippen molar-refractivity contribution in [3.63, 3.8) is 0 Å². The van der Waals surface area contributed by atoms with Crippen LogP contribution in [0, 0.1) is 6.92 Å². The molecule has 1 N–H and O–H groups in total. The van der Waals surface area contributed by atoms with Gasteiger partial charge in [0.1, 0.15) is 6.54 Å².